The third-order valence-electron chi connectivity index (χ3n) is 4.37. The molecule has 0 radical (unpaired) electrons. The van der Waals surface area contributed by atoms with Gasteiger partial charge in [-0.05, 0) is 43.2 Å². The van der Waals surface area contributed by atoms with Gasteiger partial charge in [-0.15, -0.1) is 0 Å². The Kier molecular flexibility index (Phi) is 7.26. The third kappa shape index (κ3) is 5.73. The van der Waals surface area contributed by atoms with Crippen LogP contribution in [0.3, 0.4) is 0 Å². The number of benzene rings is 2. The maximum absolute atomic E-state index is 12.6. The van der Waals surface area contributed by atoms with Gasteiger partial charge >= 0.3 is 11.9 Å². The molecule has 0 fully saturated rings. The van der Waals surface area contributed by atoms with Gasteiger partial charge in [0.1, 0.15) is 6.54 Å². The molecule has 2 aromatic carbocycles. The number of hydrogen-bond acceptors (Lipinski definition) is 7. The van der Waals surface area contributed by atoms with Gasteiger partial charge in [-0.25, -0.2) is 0 Å². The van der Waals surface area contributed by atoms with Crippen molar-refractivity contribution in [2.45, 2.75) is 19.8 Å². The first-order chi connectivity index (χ1) is 14.6. The highest BCUT2D eigenvalue weighted by atomic mass is 16.7. The average Bonchev–Trinajstić information content (AvgIpc) is 3.23. The van der Waals surface area contributed by atoms with Crippen LogP contribution in [0.5, 0.6) is 11.5 Å². The Morgan fingerprint density at radius 1 is 0.967 bits per heavy atom. The van der Waals surface area contributed by atoms with Gasteiger partial charge in [0.05, 0.1) is 6.61 Å². The molecule has 0 aliphatic carbocycles. The van der Waals surface area contributed by atoms with E-state index in [0.29, 0.717) is 23.6 Å². The highest BCUT2D eigenvalue weighted by molar-refractivity contribution is 5.99. The highest BCUT2D eigenvalue weighted by Crippen LogP contribution is 2.32. The second kappa shape index (κ2) is 10.3. The minimum atomic E-state index is -0.538. The van der Waals surface area contributed by atoms with Crippen molar-refractivity contribution in [1.29, 1.82) is 0 Å². The Bertz CT molecular complexity index is 898. The zero-order valence-corrected chi connectivity index (χ0v) is 16.7. The summed E-state index contributed by atoms with van der Waals surface area (Å²) in [4.78, 5) is 37.8. The molecule has 0 unspecified atom stereocenters. The molecule has 30 heavy (non-hydrogen) atoms. The number of ether oxygens (including phenoxy) is 4. The molecule has 1 aliphatic rings. The van der Waals surface area contributed by atoms with E-state index < -0.39 is 24.5 Å². The molecule has 0 bridgehead atoms. The Morgan fingerprint density at radius 3 is 2.50 bits per heavy atom. The van der Waals surface area contributed by atoms with E-state index in [2.05, 4.69) is 0 Å². The molecule has 0 saturated heterocycles. The number of para-hydroxylation sites is 1. The molecule has 0 atom stereocenters. The van der Waals surface area contributed by atoms with E-state index in [4.69, 9.17) is 18.9 Å². The van der Waals surface area contributed by atoms with E-state index in [1.54, 1.807) is 43.3 Å². The van der Waals surface area contributed by atoms with Crippen LogP contribution in [0.1, 0.15) is 18.9 Å². The smallest absolute Gasteiger partial charge is 0.326 e. The van der Waals surface area contributed by atoms with Crippen molar-refractivity contribution >= 4 is 23.5 Å². The van der Waals surface area contributed by atoms with Gasteiger partial charge < -0.3 is 18.9 Å². The summed E-state index contributed by atoms with van der Waals surface area (Å²) in [5.74, 6) is -0.234. The Balaban J connectivity index is 1.52. The maximum atomic E-state index is 12.6. The summed E-state index contributed by atoms with van der Waals surface area (Å²) in [6.45, 7) is 1.37. The van der Waals surface area contributed by atoms with Crippen molar-refractivity contribution < 1.29 is 33.3 Å². The Morgan fingerprint density at radius 2 is 1.73 bits per heavy atom. The molecule has 1 amide bonds. The molecule has 158 valence electrons. The number of hydrogen-bond donors (Lipinski definition) is 0. The Labute approximate surface area is 174 Å². The second-order valence-corrected chi connectivity index (χ2v) is 6.47. The van der Waals surface area contributed by atoms with Crippen molar-refractivity contribution in [2.75, 3.05) is 31.5 Å². The molecule has 8 heteroatoms. The van der Waals surface area contributed by atoms with Crippen LogP contribution in [0.25, 0.3) is 0 Å². The van der Waals surface area contributed by atoms with E-state index in [9.17, 15) is 14.4 Å². The topological polar surface area (TPSA) is 91.4 Å². The summed E-state index contributed by atoms with van der Waals surface area (Å²) in [5, 5.41) is 0. The number of rotatable bonds is 9. The zero-order chi connectivity index (χ0) is 21.3. The fraction of sp³-hybridized carbons (Fsp3) is 0.318. The number of nitrogens with zero attached hydrogens (tertiary/aromatic N) is 1. The van der Waals surface area contributed by atoms with Crippen LogP contribution in [0.15, 0.2) is 48.5 Å². The first kappa shape index (κ1) is 21.2. The van der Waals surface area contributed by atoms with E-state index >= 15 is 0 Å². The van der Waals surface area contributed by atoms with Crippen LogP contribution >= 0.6 is 0 Å². The van der Waals surface area contributed by atoms with Gasteiger partial charge in [0, 0.05) is 12.1 Å². The molecular weight excluding hydrogens is 390 g/mol. The van der Waals surface area contributed by atoms with Gasteiger partial charge in [-0.2, -0.15) is 0 Å². The number of fused-ring (bicyclic) bond motifs is 1. The van der Waals surface area contributed by atoms with E-state index in [-0.39, 0.29) is 26.4 Å². The molecule has 8 nitrogen and oxygen atoms in total. The first-order valence-electron chi connectivity index (χ1n) is 9.62. The lowest BCUT2D eigenvalue weighted by molar-refractivity contribution is -0.148. The molecule has 0 saturated carbocycles. The van der Waals surface area contributed by atoms with Crippen LogP contribution in [0, 0.1) is 0 Å². The predicted octanol–water partition coefficient (Wildman–Crippen LogP) is 2.49. The SMILES string of the molecule is CCOC(=O)CN(C(=O)COC(=O)CCc1ccc2c(c1)OCO2)c1ccccc1. The lowest BCUT2D eigenvalue weighted by Gasteiger charge is -2.21. The van der Waals surface area contributed by atoms with Crippen molar-refractivity contribution in [3.05, 3.63) is 54.1 Å². The number of esters is 2. The normalized spacial score (nSPS) is 11.6. The van der Waals surface area contributed by atoms with Crippen molar-refractivity contribution in [2.24, 2.45) is 0 Å². The predicted molar refractivity (Wildman–Crippen MR) is 107 cm³/mol. The molecule has 1 heterocycles. The Hall–Kier alpha value is -3.55. The summed E-state index contributed by atoms with van der Waals surface area (Å²) in [5.41, 5.74) is 1.42. The lowest BCUT2D eigenvalue weighted by Crippen LogP contribution is -2.39. The van der Waals surface area contributed by atoms with Gasteiger partial charge in [-0.3, -0.25) is 19.3 Å². The summed E-state index contributed by atoms with van der Waals surface area (Å²) < 4.78 is 20.6. The summed E-state index contributed by atoms with van der Waals surface area (Å²) in [6.07, 6.45) is 0.547. The van der Waals surface area contributed by atoms with Crippen LogP contribution in [-0.4, -0.2) is 44.4 Å². The maximum Gasteiger partial charge on any atom is 0.326 e. The van der Waals surface area contributed by atoms with Crippen molar-refractivity contribution in [1.82, 2.24) is 0 Å². The fourth-order valence-electron chi connectivity index (χ4n) is 2.90. The number of carbonyl (C=O) groups excluding carboxylic acids is 3. The standard InChI is InChI=1S/C22H23NO7/c1-2-27-22(26)13-23(17-6-4-3-5-7-17)20(24)14-28-21(25)11-9-16-8-10-18-19(12-16)30-15-29-18/h3-8,10,12H,2,9,11,13-15H2,1H3. The van der Waals surface area contributed by atoms with Gasteiger partial charge in [0.2, 0.25) is 6.79 Å². The summed E-state index contributed by atoms with van der Waals surface area (Å²) >= 11 is 0. The van der Waals surface area contributed by atoms with E-state index in [1.807, 2.05) is 12.1 Å². The summed E-state index contributed by atoms with van der Waals surface area (Å²) in [6, 6.07) is 14.1. The quantitative estimate of drug-likeness (QED) is 0.583. The van der Waals surface area contributed by atoms with E-state index in [0.717, 1.165) is 5.56 Å². The zero-order valence-electron chi connectivity index (χ0n) is 16.7. The van der Waals surface area contributed by atoms with Crippen LogP contribution in [0.4, 0.5) is 5.69 Å². The molecular formula is C22H23NO7. The monoisotopic (exact) mass is 413 g/mol. The van der Waals surface area contributed by atoms with Crippen molar-refractivity contribution in [3.8, 4) is 11.5 Å². The van der Waals surface area contributed by atoms with Crippen LogP contribution < -0.4 is 14.4 Å². The molecule has 0 N–H and O–H groups in total. The average molecular weight is 413 g/mol. The van der Waals surface area contributed by atoms with Crippen LogP contribution in [-0.2, 0) is 30.3 Å². The number of amides is 1. The number of aryl methyl sites for hydroxylation is 1. The lowest BCUT2D eigenvalue weighted by atomic mass is 10.1. The third-order valence-corrected chi connectivity index (χ3v) is 4.37. The van der Waals surface area contributed by atoms with Gasteiger partial charge in [0.25, 0.3) is 5.91 Å². The molecule has 1 aliphatic heterocycles. The fourth-order valence-corrected chi connectivity index (χ4v) is 2.90. The minimum absolute atomic E-state index is 0.107. The van der Waals surface area contributed by atoms with Gasteiger partial charge in [-0.1, -0.05) is 24.3 Å². The molecule has 0 spiro atoms. The minimum Gasteiger partial charge on any atom is -0.465 e. The summed E-state index contributed by atoms with van der Waals surface area (Å²) in [7, 11) is 0. The largest absolute Gasteiger partial charge is 0.465 e. The van der Waals surface area contributed by atoms with Gasteiger partial charge in [0.15, 0.2) is 18.1 Å². The van der Waals surface area contributed by atoms with Crippen LogP contribution in [0.2, 0.25) is 0 Å². The molecule has 0 aromatic heterocycles. The number of anilines is 1. The number of carbonyl (C=O) groups is 3. The van der Waals surface area contributed by atoms with E-state index in [1.165, 1.54) is 4.90 Å². The first-order valence-corrected chi connectivity index (χ1v) is 9.62. The highest BCUT2D eigenvalue weighted by Gasteiger charge is 2.21. The molecule has 3 rings (SSSR count). The second-order valence-electron chi connectivity index (χ2n) is 6.47. The molecule has 2 aromatic rings. The van der Waals surface area contributed by atoms with Crippen molar-refractivity contribution in [3.63, 3.8) is 0 Å².